The van der Waals surface area contributed by atoms with E-state index in [4.69, 9.17) is 0 Å². The topological polar surface area (TPSA) is 34.9 Å². The van der Waals surface area contributed by atoms with Crippen molar-refractivity contribution in [1.82, 2.24) is 9.55 Å². The molecule has 2 aromatic rings. The molecule has 16 heavy (non-hydrogen) atoms. The molecule has 0 spiro atoms. The highest BCUT2D eigenvalue weighted by Crippen LogP contribution is 2.25. The summed E-state index contributed by atoms with van der Waals surface area (Å²) in [5, 5.41) is 0. The molecule has 0 radical (unpaired) electrons. The van der Waals surface area contributed by atoms with Crippen molar-refractivity contribution in [3.63, 3.8) is 0 Å². The maximum absolute atomic E-state index is 13.6. The normalized spacial score (nSPS) is 10.4. The van der Waals surface area contributed by atoms with Crippen molar-refractivity contribution in [2.75, 3.05) is 0 Å². The van der Waals surface area contributed by atoms with Gasteiger partial charge in [0.2, 0.25) is 0 Å². The molecule has 0 saturated carbocycles. The van der Waals surface area contributed by atoms with Gasteiger partial charge in [-0.2, -0.15) is 0 Å². The average molecular weight is 218 g/mol. The van der Waals surface area contributed by atoms with Crippen LogP contribution in [0, 0.1) is 12.7 Å². The molecule has 0 aliphatic rings. The summed E-state index contributed by atoms with van der Waals surface area (Å²) in [7, 11) is 1.76. The second-order valence-corrected chi connectivity index (χ2v) is 3.55. The van der Waals surface area contributed by atoms with Crippen LogP contribution in [-0.2, 0) is 7.05 Å². The maximum Gasteiger partial charge on any atom is 0.170 e. The lowest BCUT2D eigenvalue weighted by atomic mass is 10.1. The number of carbonyl (C=O) groups excluding carboxylic acids is 1. The van der Waals surface area contributed by atoms with Crippen molar-refractivity contribution in [3.8, 4) is 11.3 Å². The molecule has 0 aliphatic heterocycles. The Morgan fingerprint density at radius 2 is 2.06 bits per heavy atom. The molecule has 0 bridgehead atoms. The maximum atomic E-state index is 13.6. The van der Waals surface area contributed by atoms with Gasteiger partial charge in [-0.25, -0.2) is 9.37 Å². The second-order valence-electron chi connectivity index (χ2n) is 3.55. The molecule has 1 aromatic carbocycles. The summed E-state index contributed by atoms with van der Waals surface area (Å²) >= 11 is 0. The quantitative estimate of drug-likeness (QED) is 0.725. The first-order valence-electron chi connectivity index (χ1n) is 4.88. The van der Waals surface area contributed by atoms with Crippen molar-refractivity contribution in [2.24, 2.45) is 7.05 Å². The van der Waals surface area contributed by atoms with Crippen LogP contribution in [0.3, 0.4) is 0 Å². The highest BCUT2D eigenvalue weighted by Gasteiger charge is 2.16. The van der Waals surface area contributed by atoms with Crippen molar-refractivity contribution in [3.05, 3.63) is 41.6 Å². The van der Waals surface area contributed by atoms with Crippen LogP contribution in [0.15, 0.2) is 24.3 Å². The molecule has 0 fully saturated rings. The Hall–Kier alpha value is -1.97. The van der Waals surface area contributed by atoms with Crippen LogP contribution in [0.2, 0.25) is 0 Å². The van der Waals surface area contributed by atoms with Gasteiger partial charge in [-0.3, -0.25) is 4.79 Å². The van der Waals surface area contributed by atoms with Gasteiger partial charge in [0.1, 0.15) is 17.3 Å². The van der Waals surface area contributed by atoms with Gasteiger partial charge in [-0.1, -0.05) is 12.1 Å². The monoisotopic (exact) mass is 218 g/mol. The van der Waals surface area contributed by atoms with Crippen molar-refractivity contribution in [1.29, 1.82) is 0 Å². The summed E-state index contributed by atoms with van der Waals surface area (Å²) in [6.07, 6.45) is 0.648. The van der Waals surface area contributed by atoms with Gasteiger partial charge in [0.25, 0.3) is 0 Å². The molecule has 0 aliphatic carbocycles. The largest absolute Gasteiger partial charge is 0.331 e. The molecular weight excluding hydrogens is 207 g/mol. The molecule has 1 heterocycles. The van der Waals surface area contributed by atoms with E-state index in [0.29, 0.717) is 23.4 Å². The van der Waals surface area contributed by atoms with Crippen LogP contribution in [-0.4, -0.2) is 15.8 Å². The van der Waals surface area contributed by atoms with E-state index in [0.717, 1.165) is 0 Å². The van der Waals surface area contributed by atoms with Gasteiger partial charge in [-0.15, -0.1) is 0 Å². The minimum Gasteiger partial charge on any atom is -0.331 e. The number of halogens is 1. The molecule has 1 aromatic heterocycles. The van der Waals surface area contributed by atoms with Gasteiger partial charge in [0.15, 0.2) is 6.29 Å². The lowest BCUT2D eigenvalue weighted by Gasteiger charge is -2.05. The number of carbonyl (C=O) groups is 1. The number of nitrogens with zero attached hydrogens (tertiary/aromatic N) is 2. The molecule has 2 rings (SSSR count). The fourth-order valence-corrected chi connectivity index (χ4v) is 1.69. The highest BCUT2D eigenvalue weighted by molar-refractivity contribution is 5.84. The van der Waals surface area contributed by atoms with Crippen LogP contribution < -0.4 is 0 Å². The molecule has 0 N–H and O–H groups in total. The summed E-state index contributed by atoms with van der Waals surface area (Å²) in [5.74, 6) is 0.328. The predicted octanol–water partition coefficient (Wildman–Crippen LogP) is 2.35. The zero-order valence-electron chi connectivity index (χ0n) is 9.07. The van der Waals surface area contributed by atoms with Crippen molar-refractivity contribution >= 4 is 6.29 Å². The van der Waals surface area contributed by atoms with E-state index < -0.39 is 0 Å². The van der Waals surface area contributed by atoms with Gasteiger partial charge in [-0.05, 0) is 19.1 Å². The Labute approximate surface area is 92.5 Å². The summed E-state index contributed by atoms with van der Waals surface area (Å²) < 4.78 is 15.3. The van der Waals surface area contributed by atoms with Crippen LogP contribution in [0.4, 0.5) is 4.39 Å². The molecule has 3 nitrogen and oxygen atoms in total. The summed E-state index contributed by atoms with van der Waals surface area (Å²) in [6, 6.07) is 6.35. The number of hydrogen-bond acceptors (Lipinski definition) is 2. The Kier molecular flexibility index (Phi) is 2.56. The number of aromatic nitrogens is 2. The van der Waals surface area contributed by atoms with E-state index in [-0.39, 0.29) is 11.5 Å². The van der Waals surface area contributed by atoms with Crippen LogP contribution in [0.25, 0.3) is 11.3 Å². The summed E-state index contributed by atoms with van der Waals surface area (Å²) in [6.45, 7) is 1.78. The average Bonchev–Trinajstić information content (AvgIpc) is 2.56. The van der Waals surface area contributed by atoms with Gasteiger partial charge in [0, 0.05) is 12.6 Å². The van der Waals surface area contributed by atoms with E-state index in [1.54, 1.807) is 36.7 Å². The Bertz CT molecular complexity index is 546. The lowest BCUT2D eigenvalue weighted by molar-refractivity contribution is 0.112. The molecule has 0 amide bonds. The van der Waals surface area contributed by atoms with E-state index in [9.17, 15) is 9.18 Å². The standard InChI is InChI=1S/C12H11FN2O/c1-8-14-11(7-16)12(15(8)2)9-5-3-4-6-10(9)13/h3-7H,1-2H3. The Morgan fingerprint density at radius 3 is 2.69 bits per heavy atom. The molecule has 4 heteroatoms. The minimum absolute atomic E-state index is 0.269. The SMILES string of the molecule is Cc1nc(C=O)c(-c2ccccc2F)n1C. The molecule has 82 valence electrons. The number of hydrogen-bond donors (Lipinski definition) is 0. The Balaban J connectivity index is 2.73. The third-order valence-electron chi connectivity index (χ3n) is 2.59. The first-order chi connectivity index (χ1) is 7.65. The Morgan fingerprint density at radius 1 is 1.38 bits per heavy atom. The van der Waals surface area contributed by atoms with Crippen LogP contribution in [0.5, 0.6) is 0 Å². The van der Waals surface area contributed by atoms with Crippen molar-refractivity contribution in [2.45, 2.75) is 6.92 Å². The number of benzene rings is 1. The van der Waals surface area contributed by atoms with Gasteiger partial charge in [0.05, 0.1) is 5.69 Å². The number of rotatable bonds is 2. The van der Waals surface area contributed by atoms with E-state index in [2.05, 4.69) is 4.98 Å². The number of aryl methyl sites for hydroxylation is 1. The molecular formula is C12H11FN2O. The van der Waals surface area contributed by atoms with E-state index in [1.165, 1.54) is 6.07 Å². The predicted molar refractivity (Wildman–Crippen MR) is 58.7 cm³/mol. The van der Waals surface area contributed by atoms with E-state index in [1.807, 2.05) is 0 Å². The smallest absolute Gasteiger partial charge is 0.170 e. The van der Waals surface area contributed by atoms with Gasteiger partial charge >= 0.3 is 0 Å². The highest BCUT2D eigenvalue weighted by atomic mass is 19.1. The number of imidazole rings is 1. The van der Waals surface area contributed by atoms with Crippen LogP contribution >= 0.6 is 0 Å². The zero-order valence-corrected chi connectivity index (χ0v) is 9.07. The summed E-state index contributed by atoms with van der Waals surface area (Å²) in [5.41, 5.74) is 1.18. The first kappa shape index (κ1) is 10.5. The minimum atomic E-state index is -0.353. The molecule has 0 saturated heterocycles. The van der Waals surface area contributed by atoms with E-state index >= 15 is 0 Å². The lowest BCUT2D eigenvalue weighted by Crippen LogP contribution is -1.97. The van der Waals surface area contributed by atoms with Crippen LogP contribution in [0.1, 0.15) is 16.3 Å². The van der Waals surface area contributed by atoms with Crippen molar-refractivity contribution < 1.29 is 9.18 Å². The first-order valence-corrected chi connectivity index (χ1v) is 4.88. The number of aldehydes is 1. The third kappa shape index (κ3) is 1.52. The molecule has 0 atom stereocenters. The fourth-order valence-electron chi connectivity index (χ4n) is 1.69. The molecule has 0 unspecified atom stereocenters. The second kappa shape index (κ2) is 3.89. The van der Waals surface area contributed by atoms with Gasteiger partial charge < -0.3 is 4.57 Å². The summed E-state index contributed by atoms with van der Waals surface area (Å²) in [4.78, 5) is 15.0. The zero-order chi connectivity index (χ0) is 11.7. The fraction of sp³-hybridized carbons (Fsp3) is 0.167. The third-order valence-corrected chi connectivity index (χ3v) is 2.59.